The van der Waals surface area contributed by atoms with E-state index in [9.17, 15) is 14.3 Å². The first-order valence-corrected chi connectivity index (χ1v) is 7.33. The van der Waals surface area contributed by atoms with Gasteiger partial charge in [-0.05, 0) is 26.1 Å². The van der Waals surface area contributed by atoms with Gasteiger partial charge in [-0.1, -0.05) is 6.07 Å². The van der Waals surface area contributed by atoms with Crippen LogP contribution >= 0.6 is 11.3 Å². The monoisotopic (exact) mass is 311 g/mol. The third kappa shape index (κ3) is 3.38. The van der Waals surface area contributed by atoms with Gasteiger partial charge in [-0.25, -0.2) is 10.2 Å². The van der Waals surface area contributed by atoms with Gasteiger partial charge in [-0.3, -0.25) is 15.1 Å². The van der Waals surface area contributed by atoms with Gasteiger partial charge in [0.15, 0.2) is 0 Å². The molecule has 0 spiro atoms. The normalized spacial score (nSPS) is 12.9. The number of nitrogens with zero attached hydrogens (tertiary/aromatic N) is 1. The maximum atomic E-state index is 14.1. The molecule has 0 fully saturated rings. The van der Waals surface area contributed by atoms with Gasteiger partial charge in [-0.2, -0.15) is 0 Å². The van der Waals surface area contributed by atoms with Gasteiger partial charge in [0.2, 0.25) is 0 Å². The molecule has 0 radical (unpaired) electrons. The van der Waals surface area contributed by atoms with Crippen molar-refractivity contribution < 1.29 is 14.3 Å². The van der Waals surface area contributed by atoms with Crippen molar-refractivity contribution in [1.29, 1.82) is 0 Å². The van der Waals surface area contributed by atoms with Crippen LogP contribution in [0.5, 0.6) is 0 Å². The fourth-order valence-corrected chi connectivity index (χ4v) is 3.48. The minimum absolute atomic E-state index is 0.356. The number of nitrogens with two attached hydrogens (primary N) is 1. The van der Waals surface area contributed by atoms with E-state index in [0.717, 1.165) is 0 Å². The molecule has 1 heterocycles. The summed E-state index contributed by atoms with van der Waals surface area (Å²) in [4.78, 5) is 14.1. The molecule has 0 aliphatic heterocycles. The molecule has 0 aliphatic carbocycles. The predicted octanol–water partition coefficient (Wildman–Crippen LogP) is 1.46. The zero-order valence-electron chi connectivity index (χ0n) is 11.9. The molecule has 1 aromatic heterocycles. The van der Waals surface area contributed by atoms with Crippen LogP contribution in [0.4, 0.5) is 4.39 Å². The van der Waals surface area contributed by atoms with Gasteiger partial charge in [-0.15, -0.1) is 11.3 Å². The van der Waals surface area contributed by atoms with Crippen LogP contribution in [0.1, 0.15) is 22.2 Å². The summed E-state index contributed by atoms with van der Waals surface area (Å²) in [5.74, 6) is 4.41. The number of aliphatic hydroxyl groups excluding tert-OH is 1. The van der Waals surface area contributed by atoms with Crippen molar-refractivity contribution in [2.24, 2.45) is 5.84 Å². The number of hydrogen-bond acceptors (Lipinski definition) is 5. The number of hydrogen-bond donors (Lipinski definition) is 3. The Labute approximate surface area is 126 Å². The van der Waals surface area contributed by atoms with Gasteiger partial charge >= 0.3 is 0 Å². The van der Waals surface area contributed by atoms with E-state index in [4.69, 9.17) is 5.84 Å². The molecule has 1 atom stereocenters. The van der Waals surface area contributed by atoms with Crippen LogP contribution < -0.4 is 11.3 Å². The van der Waals surface area contributed by atoms with Crippen molar-refractivity contribution >= 4 is 27.3 Å². The van der Waals surface area contributed by atoms with Crippen molar-refractivity contribution in [2.75, 3.05) is 13.6 Å². The third-order valence-electron chi connectivity index (χ3n) is 3.10. The molecule has 0 aliphatic rings. The second-order valence-corrected chi connectivity index (χ2v) is 6.09. The molecule has 7 heteroatoms. The zero-order chi connectivity index (χ0) is 15.6. The summed E-state index contributed by atoms with van der Waals surface area (Å²) in [6.45, 7) is 2.46. The first-order chi connectivity index (χ1) is 9.93. The van der Waals surface area contributed by atoms with E-state index in [2.05, 4.69) is 5.43 Å². The fourth-order valence-electron chi connectivity index (χ4n) is 2.35. The Bertz CT molecular complexity index is 657. The minimum Gasteiger partial charge on any atom is -0.392 e. The smallest absolute Gasteiger partial charge is 0.275 e. The Kier molecular flexibility index (Phi) is 4.89. The van der Waals surface area contributed by atoms with Crippen LogP contribution in [-0.4, -0.2) is 35.6 Å². The number of carbonyl (C=O) groups is 1. The highest BCUT2D eigenvalue weighted by molar-refractivity contribution is 7.21. The van der Waals surface area contributed by atoms with E-state index in [1.54, 1.807) is 26.1 Å². The first-order valence-electron chi connectivity index (χ1n) is 6.51. The average Bonchev–Trinajstić information content (AvgIpc) is 2.77. The Balaban J connectivity index is 2.49. The number of nitrogen functional groups attached to an aromatic ring is 1. The summed E-state index contributed by atoms with van der Waals surface area (Å²) >= 11 is 1.21. The number of rotatable bonds is 5. The maximum absolute atomic E-state index is 14.1. The van der Waals surface area contributed by atoms with Crippen LogP contribution in [0.25, 0.3) is 10.1 Å². The highest BCUT2D eigenvalue weighted by Gasteiger charge is 2.21. The van der Waals surface area contributed by atoms with Gasteiger partial charge in [0, 0.05) is 28.7 Å². The summed E-state index contributed by atoms with van der Waals surface area (Å²) in [6, 6.07) is 4.76. The summed E-state index contributed by atoms with van der Waals surface area (Å²) in [7, 11) is 1.81. The number of fused-ring (bicyclic) bond motifs is 1. The lowest BCUT2D eigenvalue weighted by molar-refractivity contribution is 0.0955. The van der Waals surface area contributed by atoms with E-state index >= 15 is 0 Å². The van der Waals surface area contributed by atoms with E-state index < -0.39 is 12.0 Å². The Morgan fingerprint density at radius 3 is 2.90 bits per heavy atom. The molecule has 114 valence electrons. The summed E-state index contributed by atoms with van der Waals surface area (Å²) in [6.07, 6.45) is -0.503. The topological polar surface area (TPSA) is 78.6 Å². The average molecular weight is 311 g/mol. The number of aliphatic hydroxyl groups is 1. The molecule has 0 saturated heterocycles. The van der Waals surface area contributed by atoms with Crippen molar-refractivity contribution in [2.45, 2.75) is 19.6 Å². The van der Waals surface area contributed by atoms with Crippen LogP contribution in [0, 0.1) is 5.82 Å². The van der Waals surface area contributed by atoms with E-state index in [1.165, 1.54) is 17.4 Å². The Hall–Kier alpha value is -1.54. The van der Waals surface area contributed by atoms with Gasteiger partial charge in [0.1, 0.15) is 5.82 Å². The van der Waals surface area contributed by atoms with E-state index in [-0.39, 0.29) is 5.82 Å². The highest BCUT2D eigenvalue weighted by Crippen LogP contribution is 2.34. The lowest BCUT2D eigenvalue weighted by Crippen LogP contribution is -2.31. The predicted molar refractivity (Wildman–Crippen MR) is 81.5 cm³/mol. The molecule has 1 aromatic carbocycles. The van der Waals surface area contributed by atoms with E-state index in [1.807, 2.05) is 4.90 Å². The largest absolute Gasteiger partial charge is 0.392 e. The number of likely N-dealkylation sites (N-methyl/N-ethyl adjacent to an activating group) is 1. The highest BCUT2D eigenvalue weighted by atomic mass is 32.1. The van der Waals surface area contributed by atoms with Gasteiger partial charge < -0.3 is 5.11 Å². The fraction of sp³-hybridized carbons (Fsp3) is 0.357. The molecule has 5 nitrogen and oxygen atoms in total. The third-order valence-corrected chi connectivity index (χ3v) is 4.30. The van der Waals surface area contributed by atoms with Crippen molar-refractivity contribution in [1.82, 2.24) is 10.3 Å². The lowest BCUT2D eigenvalue weighted by Gasteiger charge is -2.18. The SMILES string of the molecule is CC(O)CN(C)Cc1c(C(=O)NN)sc2cccc(F)c12. The Morgan fingerprint density at radius 1 is 1.57 bits per heavy atom. The molecule has 0 saturated carbocycles. The second kappa shape index (κ2) is 6.48. The number of thiophene rings is 1. The summed E-state index contributed by atoms with van der Waals surface area (Å²) in [5, 5.41) is 9.87. The number of carbonyl (C=O) groups excluding carboxylic acids is 1. The summed E-state index contributed by atoms with van der Waals surface area (Å²) < 4.78 is 14.8. The van der Waals surface area contributed by atoms with E-state index in [0.29, 0.717) is 33.6 Å². The minimum atomic E-state index is -0.503. The standard InChI is InChI=1S/C14H18FN3O2S/c1-8(19)6-18(2)7-9-12-10(15)4-3-5-11(12)21-13(9)14(20)17-16/h3-5,8,19H,6-7,16H2,1-2H3,(H,17,20). The molecular formula is C14H18FN3O2S. The lowest BCUT2D eigenvalue weighted by atomic mass is 10.1. The quantitative estimate of drug-likeness (QED) is 0.444. The molecule has 1 amide bonds. The molecular weight excluding hydrogens is 293 g/mol. The zero-order valence-corrected chi connectivity index (χ0v) is 12.7. The molecule has 0 bridgehead atoms. The van der Waals surface area contributed by atoms with Crippen LogP contribution in [0.3, 0.4) is 0 Å². The van der Waals surface area contributed by atoms with Gasteiger partial charge in [0.05, 0.1) is 11.0 Å². The number of hydrazine groups is 1. The van der Waals surface area contributed by atoms with Crippen molar-refractivity contribution in [3.8, 4) is 0 Å². The maximum Gasteiger partial charge on any atom is 0.275 e. The van der Waals surface area contributed by atoms with Crippen molar-refractivity contribution in [3.05, 3.63) is 34.5 Å². The molecule has 1 unspecified atom stereocenters. The van der Waals surface area contributed by atoms with Crippen LogP contribution in [0.15, 0.2) is 18.2 Å². The molecule has 2 aromatic rings. The number of halogens is 1. The number of nitrogens with one attached hydrogen (secondary N) is 1. The molecule has 2 rings (SSSR count). The first kappa shape index (κ1) is 15.8. The number of amides is 1. The number of benzene rings is 1. The van der Waals surface area contributed by atoms with Crippen LogP contribution in [0.2, 0.25) is 0 Å². The van der Waals surface area contributed by atoms with Crippen molar-refractivity contribution in [3.63, 3.8) is 0 Å². The summed E-state index contributed by atoms with van der Waals surface area (Å²) in [5.41, 5.74) is 2.69. The molecule has 4 N–H and O–H groups in total. The molecule has 21 heavy (non-hydrogen) atoms. The van der Waals surface area contributed by atoms with Gasteiger partial charge in [0.25, 0.3) is 5.91 Å². The Morgan fingerprint density at radius 2 is 2.29 bits per heavy atom. The van der Waals surface area contributed by atoms with Crippen LogP contribution in [-0.2, 0) is 6.54 Å². The second-order valence-electron chi connectivity index (χ2n) is 5.04.